The highest BCUT2D eigenvalue weighted by molar-refractivity contribution is 8.15. The number of nitrogens with zero attached hydrogens (tertiary/aromatic N) is 1. The minimum Gasteiger partial charge on any atom is -0.491 e. The average Bonchev–Trinajstić information content (AvgIpc) is 2.77. The van der Waals surface area contributed by atoms with Gasteiger partial charge in [0.15, 0.2) is 5.17 Å². The summed E-state index contributed by atoms with van der Waals surface area (Å²) in [5.41, 5.74) is 0.935. The van der Waals surface area contributed by atoms with Crippen molar-refractivity contribution in [2.45, 2.75) is 12.6 Å². The molecular formula is C13H14F3N3O2S. The van der Waals surface area contributed by atoms with Crippen LogP contribution in [0.1, 0.15) is 6.42 Å². The SMILES string of the molecule is CNc1ccc(OCCC(F)(F)F)c(N2C(=N)SCC2=O)c1. The Balaban J connectivity index is 2.25. The summed E-state index contributed by atoms with van der Waals surface area (Å²) in [4.78, 5) is 13.0. The van der Waals surface area contributed by atoms with Gasteiger partial charge < -0.3 is 10.1 Å². The predicted octanol–water partition coefficient (Wildman–Crippen LogP) is 3.07. The summed E-state index contributed by atoms with van der Waals surface area (Å²) >= 11 is 1.06. The molecule has 1 saturated heterocycles. The first-order chi connectivity index (χ1) is 10.3. The standard InChI is InChI=1S/C13H14F3N3O2S/c1-18-8-2-3-10(21-5-4-13(14,15)16)9(6-8)19-11(20)7-22-12(19)17/h2-3,6,17-18H,4-5,7H2,1H3. The van der Waals surface area contributed by atoms with Crippen molar-refractivity contribution in [1.29, 1.82) is 5.41 Å². The number of hydrogen-bond acceptors (Lipinski definition) is 5. The number of halogens is 3. The van der Waals surface area contributed by atoms with Crippen LogP contribution in [0.3, 0.4) is 0 Å². The van der Waals surface area contributed by atoms with Gasteiger partial charge in [0.25, 0.3) is 0 Å². The van der Waals surface area contributed by atoms with Crippen LogP contribution in [0.15, 0.2) is 18.2 Å². The number of hydrogen-bond donors (Lipinski definition) is 2. The highest BCUT2D eigenvalue weighted by Crippen LogP contribution is 2.36. The molecule has 1 aromatic carbocycles. The number of anilines is 2. The van der Waals surface area contributed by atoms with Crippen molar-refractivity contribution in [3.05, 3.63) is 18.2 Å². The summed E-state index contributed by atoms with van der Waals surface area (Å²) in [7, 11) is 1.68. The van der Waals surface area contributed by atoms with E-state index in [0.717, 1.165) is 16.7 Å². The quantitative estimate of drug-likeness (QED) is 0.869. The molecule has 0 atom stereocenters. The Bertz CT molecular complexity index is 576. The van der Waals surface area contributed by atoms with E-state index < -0.39 is 19.2 Å². The van der Waals surface area contributed by atoms with E-state index in [1.165, 1.54) is 6.07 Å². The zero-order chi connectivity index (χ0) is 16.3. The molecule has 1 aromatic rings. The lowest BCUT2D eigenvalue weighted by molar-refractivity contribution is -0.139. The number of ether oxygens (including phenoxy) is 1. The first kappa shape index (κ1) is 16.5. The number of amides is 1. The molecule has 2 rings (SSSR count). The van der Waals surface area contributed by atoms with Gasteiger partial charge in [-0.3, -0.25) is 15.1 Å². The predicted molar refractivity (Wildman–Crippen MR) is 79.8 cm³/mol. The third-order valence-electron chi connectivity index (χ3n) is 2.92. The average molecular weight is 333 g/mol. The van der Waals surface area contributed by atoms with E-state index in [9.17, 15) is 18.0 Å². The maximum atomic E-state index is 12.2. The zero-order valence-electron chi connectivity index (χ0n) is 11.7. The van der Waals surface area contributed by atoms with E-state index in [0.29, 0.717) is 5.69 Å². The molecule has 0 radical (unpaired) electrons. The molecule has 1 fully saturated rings. The minimum atomic E-state index is -4.31. The van der Waals surface area contributed by atoms with Crippen molar-refractivity contribution in [2.75, 3.05) is 29.6 Å². The Kier molecular flexibility index (Phi) is 4.84. The maximum Gasteiger partial charge on any atom is 0.392 e. The Hall–Kier alpha value is -1.90. The second-order valence-corrected chi connectivity index (χ2v) is 5.43. The minimum absolute atomic E-state index is 0.0268. The van der Waals surface area contributed by atoms with Gasteiger partial charge in [-0.1, -0.05) is 11.8 Å². The van der Waals surface area contributed by atoms with Gasteiger partial charge in [0.05, 0.1) is 24.5 Å². The van der Waals surface area contributed by atoms with Crippen molar-refractivity contribution in [3.8, 4) is 5.75 Å². The van der Waals surface area contributed by atoms with Crippen molar-refractivity contribution in [2.24, 2.45) is 0 Å². The summed E-state index contributed by atoms with van der Waals surface area (Å²) < 4.78 is 41.8. The molecule has 120 valence electrons. The Morgan fingerprint density at radius 3 is 2.73 bits per heavy atom. The molecule has 0 aliphatic carbocycles. The zero-order valence-corrected chi connectivity index (χ0v) is 12.5. The molecule has 1 amide bonds. The van der Waals surface area contributed by atoms with Gasteiger partial charge in [-0.2, -0.15) is 13.2 Å². The molecule has 22 heavy (non-hydrogen) atoms. The fourth-order valence-electron chi connectivity index (χ4n) is 1.86. The third-order valence-corrected chi connectivity index (χ3v) is 3.76. The summed E-state index contributed by atoms with van der Waals surface area (Å²) in [5.74, 6) is -0.0299. The second kappa shape index (κ2) is 6.47. The monoisotopic (exact) mass is 333 g/mol. The smallest absolute Gasteiger partial charge is 0.392 e. The van der Waals surface area contributed by atoms with Crippen molar-refractivity contribution < 1.29 is 22.7 Å². The molecule has 9 heteroatoms. The molecule has 1 aliphatic rings. The lowest BCUT2D eigenvalue weighted by Gasteiger charge is -2.20. The van der Waals surface area contributed by atoms with Crippen LogP contribution >= 0.6 is 11.8 Å². The Morgan fingerprint density at radius 1 is 1.45 bits per heavy atom. The van der Waals surface area contributed by atoms with Crippen LogP contribution in [0, 0.1) is 5.41 Å². The van der Waals surface area contributed by atoms with Gasteiger partial charge in [-0.25, -0.2) is 0 Å². The molecule has 0 unspecified atom stereocenters. The molecule has 0 aromatic heterocycles. The number of benzene rings is 1. The number of amidine groups is 1. The normalized spacial score (nSPS) is 15.4. The number of rotatable bonds is 5. The number of nitrogens with one attached hydrogen (secondary N) is 2. The molecule has 0 bridgehead atoms. The van der Waals surface area contributed by atoms with E-state index in [4.69, 9.17) is 10.1 Å². The fraction of sp³-hybridized carbons (Fsp3) is 0.385. The largest absolute Gasteiger partial charge is 0.491 e. The lowest BCUT2D eigenvalue weighted by Crippen LogP contribution is -2.29. The third kappa shape index (κ3) is 3.85. The number of thioether (sulfide) groups is 1. The Morgan fingerprint density at radius 2 is 2.18 bits per heavy atom. The first-order valence-electron chi connectivity index (χ1n) is 6.37. The van der Waals surface area contributed by atoms with Crippen LogP contribution in [-0.2, 0) is 4.79 Å². The van der Waals surface area contributed by atoms with Gasteiger partial charge in [0.1, 0.15) is 5.75 Å². The van der Waals surface area contributed by atoms with Crippen LogP contribution in [0.5, 0.6) is 5.75 Å². The van der Waals surface area contributed by atoms with Gasteiger partial charge >= 0.3 is 6.18 Å². The topological polar surface area (TPSA) is 65.4 Å². The Labute approximate surface area is 129 Å². The fourth-order valence-corrected chi connectivity index (χ4v) is 2.58. The molecule has 2 N–H and O–H groups in total. The molecule has 0 saturated carbocycles. The van der Waals surface area contributed by atoms with E-state index >= 15 is 0 Å². The van der Waals surface area contributed by atoms with Crippen molar-refractivity contribution in [1.82, 2.24) is 0 Å². The van der Waals surface area contributed by atoms with Gasteiger partial charge in [-0.05, 0) is 18.2 Å². The van der Waals surface area contributed by atoms with E-state index in [1.807, 2.05) is 0 Å². The maximum absolute atomic E-state index is 12.2. The summed E-state index contributed by atoms with van der Waals surface area (Å²) in [6, 6.07) is 4.69. The molecular weight excluding hydrogens is 319 g/mol. The molecule has 5 nitrogen and oxygen atoms in total. The number of carbonyl (C=O) groups is 1. The summed E-state index contributed by atoms with van der Waals surface area (Å²) in [6.07, 6.45) is -5.39. The second-order valence-electron chi connectivity index (χ2n) is 4.47. The van der Waals surface area contributed by atoms with Crippen molar-refractivity contribution >= 4 is 34.2 Å². The van der Waals surface area contributed by atoms with E-state index in [-0.39, 0.29) is 28.3 Å². The van der Waals surface area contributed by atoms with E-state index in [2.05, 4.69) is 5.32 Å². The van der Waals surface area contributed by atoms with Crippen LogP contribution in [0.2, 0.25) is 0 Å². The number of carbonyl (C=O) groups excluding carboxylic acids is 1. The van der Waals surface area contributed by atoms with Crippen LogP contribution in [-0.4, -0.2) is 36.7 Å². The van der Waals surface area contributed by atoms with Gasteiger partial charge in [-0.15, -0.1) is 0 Å². The summed E-state index contributed by atoms with van der Waals surface area (Å²) in [5, 5.41) is 10.7. The summed E-state index contributed by atoms with van der Waals surface area (Å²) in [6.45, 7) is -0.544. The molecule has 1 aliphatic heterocycles. The first-order valence-corrected chi connectivity index (χ1v) is 7.36. The van der Waals surface area contributed by atoms with Gasteiger partial charge in [0, 0.05) is 12.7 Å². The number of alkyl halides is 3. The molecule has 1 heterocycles. The molecule has 0 spiro atoms. The van der Waals surface area contributed by atoms with Gasteiger partial charge in [0.2, 0.25) is 5.91 Å². The van der Waals surface area contributed by atoms with E-state index in [1.54, 1.807) is 19.2 Å². The van der Waals surface area contributed by atoms with Crippen LogP contribution in [0.25, 0.3) is 0 Å². The lowest BCUT2D eigenvalue weighted by atomic mass is 10.2. The van der Waals surface area contributed by atoms with Crippen LogP contribution < -0.4 is 15.0 Å². The highest BCUT2D eigenvalue weighted by atomic mass is 32.2. The van der Waals surface area contributed by atoms with Crippen LogP contribution in [0.4, 0.5) is 24.5 Å². The van der Waals surface area contributed by atoms with Crippen molar-refractivity contribution in [3.63, 3.8) is 0 Å². The highest BCUT2D eigenvalue weighted by Gasteiger charge is 2.31.